The standard InChI is InChI=1S/C31H35F2N5O5S/c1-3-43-29(41)24-23(35-26(27-34-10-12-44-27)36-25(24)21-5-4-6-22(32)17(21)2)16-37-11-9-31(33)19(14-37)15-38(30(31)42)20-8-7-18(13-20)28(39)40/h4-6,10,12,18-20,25H,3,7-9,11,13-16H2,1-2H3,(H,35,36)(H,39,40)/t18?,19-,20?,25-,31+/m0/s1. The Hall–Kier alpha value is -3.71. The zero-order chi connectivity index (χ0) is 31.2. The van der Waals surface area contributed by atoms with Crippen molar-refractivity contribution in [3.05, 3.63) is 63.0 Å². The third-order valence-electron chi connectivity index (χ3n) is 9.39. The number of alkyl halides is 1. The Morgan fingerprint density at radius 2 is 2.09 bits per heavy atom. The first-order chi connectivity index (χ1) is 21.1. The number of nitrogens with one attached hydrogen (secondary N) is 1. The normalized spacial score (nSPS) is 29.0. The molecule has 1 aromatic carbocycles. The number of aliphatic carboxylic acids is 1. The fourth-order valence-corrected chi connectivity index (χ4v) is 7.61. The van der Waals surface area contributed by atoms with Gasteiger partial charge in [0.15, 0.2) is 16.5 Å². The lowest BCUT2D eigenvalue weighted by molar-refractivity contribution is -0.144. The topological polar surface area (TPSA) is 124 Å². The van der Waals surface area contributed by atoms with E-state index in [2.05, 4.69) is 10.3 Å². The second-order valence-corrected chi connectivity index (χ2v) is 12.8. The van der Waals surface area contributed by atoms with Crippen molar-refractivity contribution in [2.75, 3.05) is 32.8 Å². The predicted molar refractivity (Wildman–Crippen MR) is 158 cm³/mol. The van der Waals surface area contributed by atoms with Crippen LogP contribution in [0.5, 0.6) is 0 Å². The van der Waals surface area contributed by atoms with Crippen LogP contribution in [0.15, 0.2) is 46.0 Å². The predicted octanol–water partition coefficient (Wildman–Crippen LogP) is 3.62. The van der Waals surface area contributed by atoms with E-state index >= 15 is 4.39 Å². The number of carbonyl (C=O) groups excluding carboxylic acids is 2. The highest BCUT2D eigenvalue weighted by Gasteiger charge is 2.59. The molecule has 1 saturated carbocycles. The second-order valence-electron chi connectivity index (χ2n) is 11.9. The number of thiazole rings is 1. The molecular formula is C31H35F2N5O5S. The Labute approximate surface area is 257 Å². The van der Waals surface area contributed by atoms with E-state index in [0.717, 1.165) is 0 Å². The van der Waals surface area contributed by atoms with E-state index in [1.807, 2.05) is 10.3 Å². The average Bonchev–Trinajstić information content (AvgIpc) is 3.76. The molecule has 3 fully saturated rings. The SMILES string of the molecule is CCOC(=O)C1=C(CN2CC[C@]3(F)C(=O)N(C4CCC(C(=O)O)C4)C[C@@H]3C2)NC(c2nccs2)=N[C@H]1c1cccc(F)c1C. The lowest BCUT2D eigenvalue weighted by atomic mass is 9.84. The molecule has 1 amide bonds. The van der Waals surface area contributed by atoms with Crippen LogP contribution in [0.4, 0.5) is 8.78 Å². The van der Waals surface area contributed by atoms with E-state index in [9.17, 15) is 23.9 Å². The molecule has 5 atom stereocenters. The molecule has 4 heterocycles. The minimum atomic E-state index is -2.01. The summed E-state index contributed by atoms with van der Waals surface area (Å²) in [5.41, 5.74) is -0.372. The zero-order valence-corrected chi connectivity index (χ0v) is 25.4. The van der Waals surface area contributed by atoms with E-state index in [4.69, 9.17) is 9.73 Å². The Morgan fingerprint density at radius 1 is 1.27 bits per heavy atom. The van der Waals surface area contributed by atoms with Crippen LogP contribution in [0.25, 0.3) is 0 Å². The van der Waals surface area contributed by atoms with Crippen molar-refractivity contribution in [1.29, 1.82) is 0 Å². The fraction of sp³-hybridized carbons (Fsp3) is 0.516. The number of likely N-dealkylation sites (tertiary alicyclic amines) is 2. The highest BCUT2D eigenvalue weighted by Crippen LogP contribution is 2.44. The van der Waals surface area contributed by atoms with Crippen molar-refractivity contribution >= 4 is 35.0 Å². The molecule has 0 spiro atoms. The molecule has 1 aromatic heterocycles. The van der Waals surface area contributed by atoms with Gasteiger partial charge in [0.25, 0.3) is 5.91 Å². The van der Waals surface area contributed by atoms with Gasteiger partial charge in [-0.1, -0.05) is 12.1 Å². The van der Waals surface area contributed by atoms with Crippen LogP contribution in [-0.2, 0) is 19.1 Å². The number of carboxylic acid groups (broad SMARTS) is 1. The van der Waals surface area contributed by atoms with Crippen LogP contribution in [0.1, 0.15) is 54.8 Å². The smallest absolute Gasteiger partial charge is 0.338 e. The van der Waals surface area contributed by atoms with Gasteiger partial charge in [-0.3, -0.25) is 19.5 Å². The van der Waals surface area contributed by atoms with Crippen LogP contribution < -0.4 is 5.32 Å². The summed E-state index contributed by atoms with van der Waals surface area (Å²) in [5, 5.41) is 15.1. The highest BCUT2D eigenvalue weighted by atomic mass is 32.1. The van der Waals surface area contributed by atoms with E-state index in [-0.39, 0.29) is 50.8 Å². The maximum atomic E-state index is 16.3. The molecule has 234 valence electrons. The number of ether oxygens (including phenoxy) is 1. The van der Waals surface area contributed by atoms with Gasteiger partial charge in [-0.15, -0.1) is 11.3 Å². The molecule has 2 aromatic rings. The van der Waals surface area contributed by atoms with Gasteiger partial charge >= 0.3 is 11.9 Å². The fourth-order valence-electron chi connectivity index (χ4n) is 7.03. The third-order valence-corrected chi connectivity index (χ3v) is 10.2. The van der Waals surface area contributed by atoms with Gasteiger partial charge in [0.2, 0.25) is 0 Å². The first-order valence-corrected chi connectivity index (χ1v) is 15.8. The molecule has 4 aliphatic rings. The molecule has 44 heavy (non-hydrogen) atoms. The summed E-state index contributed by atoms with van der Waals surface area (Å²) in [6.45, 7) is 4.45. The zero-order valence-electron chi connectivity index (χ0n) is 24.6. The van der Waals surface area contributed by atoms with Crippen molar-refractivity contribution in [3.63, 3.8) is 0 Å². The maximum Gasteiger partial charge on any atom is 0.338 e. The molecule has 3 aliphatic heterocycles. The van der Waals surface area contributed by atoms with Crippen LogP contribution in [-0.4, -0.2) is 88.1 Å². The lowest BCUT2D eigenvalue weighted by Crippen LogP contribution is -2.52. The number of hydrogen-bond donors (Lipinski definition) is 2. The van der Waals surface area contributed by atoms with Gasteiger partial charge in [-0.2, -0.15) is 0 Å². The van der Waals surface area contributed by atoms with E-state index in [0.29, 0.717) is 46.9 Å². The first-order valence-electron chi connectivity index (χ1n) is 15.0. The summed E-state index contributed by atoms with van der Waals surface area (Å²) in [4.78, 5) is 51.1. The summed E-state index contributed by atoms with van der Waals surface area (Å²) < 4.78 is 36.5. The number of piperidine rings is 1. The van der Waals surface area contributed by atoms with Gasteiger partial charge in [0, 0.05) is 61.8 Å². The second kappa shape index (κ2) is 12.0. The van der Waals surface area contributed by atoms with Crippen molar-refractivity contribution in [2.45, 2.75) is 57.3 Å². The van der Waals surface area contributed by atoms with Crippen molar-refractivity contribution in [2.24, 2.45) is 16.8 Å². The quantitative estimate of drug-likeness (QED) is 0.426. The van der Waals surface area contributed by atoms with Crippen LogP contribution >= 0.6 is 11.3 Å². The van der Waals surface area contributed by atoms with Crippen LogP contribution in [0.2, 0.25) is 0 Å². The van der Waals surface area contributed by atoms with Gasteiger partial charge < -0.3 is 20.1 Å². The van der Waals surface area contributed by atoms with Gasteiger partial charge in [0.05, 0.1) is 18.1 Å². The highest BCUT2D eigenvalue weighted by molar-refractivity contribution is 7.11. The number of amides is 1. The Morgan fingerprint density at radius 3 is 2.80 bits per heavy atom. The molecule has 1 aliphatic carbocycles. The van der Waals surface area contributed by atoms with Crippen LogP contribution in [0.3, 0.4) is 0 Å². The number of aliphatic imine (C=N–C) groups is 1. The molecule has 10 nitrogen and oxygen atoms in total. The first kappa shape index (κ1) is 30.3. The number of carbonyl (C=O) groups is 3. The van der Waals surface area contributed by atoms with Crippen molar-refractivity contribution in [3.8, 4) is 0 Å². The van der Waals surface area contributed by atoms with Gasteiger partial charge in [-0.25, -0.2) is 18.6 Å². The molecule has 2 N–H and O–H groups in total. The Balaban J connectivity index is 1.30. The number of carboxylic acids is 1. The van der Waals surface area contributed by atoms with Crippen molar-refractivity contribution < 1.29 is 33.0 Å². The number of aromatic nitrogens is 1. The van der Waals surface area contributed by atoms with E-state index in [1.54, 1.807) is 37.1 Å². The number of benzene rings is 1. The summed E-state index contributed by atoms with van der Waals surface area (Å²) >= 11 is 1.37. The number of halogens is 2. The molecule has 0 radical (unpaired) electrons. The molecule has 6 rings (SSSR count). The van der Waals surface area contributed by atoms with Gasteiger partial charge in [0.1, 0.15) is 11.9 Å². The average molecular weight is 628 g/mol. The molecule has 0 bridgehead atoms. The maximum absolute atomic E-state index is 16.3. The third kappa shape index (κ3) is 5.40. The number of rotatable bonds is 8. The molecule has 2 unspecified atom stereocenters. The van der Waals surface area contributed by atoms with Crippen molar-refractivity contribution in [1.82, 2.24) is 20.1 Å². The Bertz CT molecular complexity index is 1530. The minimum absolute atomic E-state index is 0.00996. The number of amidine groups is 1. The van der Waals surface area contributed by atoms with Crippen LogP contribution in [0, 0.1) is 24.6 Å². The molecular weight excluding hydrogens is 592 g/mol. The molecule has 13 heteroatoms. The largest absolute Gasteiger partial charge is 0.481 e. The lowest BCUT2D eigenvalue weighted by Gasteiger charge is -2.38. The Kier molecular flexibility index (Phi) is 8.27. The summed E-state index contributed by atoms with van der Waals surface area (Å²) in [7, 11) is 0. The number of esters is 1. The number of hydrogen-bond acceptors (Lipinski definition) is 9. The summed E-state index contributed by atoms with van der Waals surface area (Å²) in [6.07, 6.45) is 3.01. The summed E-state index contributed by atoms with van der Waals surface area (Å²) in [6, 6.07) is 3.54. The molecule has 2 saturated heterocycles. The summed E-state index contributed by atoms with van der Waals surface area (Å²) in [5.74, 6) is -3.10. The van der Waals surface area contributed by atoms with E-state index in [1.165, 1.54) is 17.4 Å². The minimum Gasteiger partial charge on any atom is -0.481 e. The number of fused-ring (bicyclic) bond motifs is 1. The van der Waals surface area contributed by atoms with Gasteiger partial charge in [-0.05, 0) is 50.3 Å². The number of nitrogens with zero attached hydrogens (tertiary/aromatic N) is 4. The monoisotopic (exact) mass is 627 g/mol. The van der Waals surface area contributed by atoms with E-state index < -0.39 is 47.2 Å².